The van der Waals surface area contributed by atoms with Crippen LogP contribution in [0.2, 0.25) is 0 Å². The van der Waals surface area contributed by atoms with Crippen molar-refractivity contribution in [3.8, 4) is 0 Å². The van der Waals surface area contributed by atoms with Gasteiger partial charge in [-0.3, -0.25) is 9.59 Å². The van der Waals surface area contributed by atoms with Crippen molar-refractivity contribution >= 4 is 11.9 Å². The van der Waals surface area contributed by atoms with E-state index in [1.807, 2.05) is 0 Å². The van der Waals surface area contributed by atoms with Gasteiger partial charge in [0.1, 0.15) is 0 Å². The lowest BCUT2D eigenvalue weighted by Gasteiger charge is -2.14. The van der Waals surface area contributed by atoms with Crippen LogP contribution in [-0.4, -0.2) is 22.2 Å². The fraction of sp³-hybridized carbons (Fsp3) is 0.913. The van der Waals surface area contributed by atoms with E-state index >= 15 is 0 Å². The third-order valence-corrected chi connectivity index (χ3v) is 4.76. The first-order valence-electron chi connectivity index (χ1n) is 11.3. The minimum atomic E-state index is -0.675. The second kappa shape index (κ2) is 21.2. The van der Waals surface area contributed by atoms with Gasteiger partial charge >= 0.3 is 11.9 Å². The zero-order valence-corrected chi connectivity index (χ0v) is 18.5. The number of carbonyl (C=O) groups is 2. The van der Waals surface area contributed by atoms with Crippen LogP contribution in [0.5, 0.6) is 0 Å². The van der Waals surface area contributed by atoms with Crippen molar-refractivity contribution in [1.29, 1.82) is 0 Å². The molecule has 4 nitrogen and oxygen atoms in total. The second-order valence-corrected chi connectivity index (χ2v) is 8.13. The lowest BCUT2D eigenvalue weighted by atomic mass is 9.92. The van der Waals surface area contributed by atoms with E-state index in [9.17, 15) is 9.59 Å². The summed E-state index contributed by atoms with van der Waals surface area (Å²) in [6.07, 6.45) is 16.5. The number of carboxylic acid groups (broad SMARTS) is 2. The molecule has 4 heteroatoms. The zero-order valence-electron chi connectivity index (χ0n) is 18.5. The predicted octanol–water partition coefficient (Wildman–Crippen LogP) is 7.31. The van der Waals surface area contributed by atoms with Crippen LogP contribution in [0.3, 0.4) is 0 Å². The molecule has 1 atom stereocenters. The molecule has 27 heavy (non-hydrogen) atoms. The van der Waals surface area contributed by atoms with E-state index in [2.05, 4.69) is 27.7 Å². The Bertz CT molecular complexity index is 339. The molecule has 0 spiro atoms. The van der Waals surface area contributed by atoms with Crippen LogP contribution < -0.4 is 0 Å². The fourth-order valence-corrected chi connectivity index (χ4v) is 3.14. The first-order valence-corrected chi connectivity index (χ1v) is 11.3. The van der Waals surface area contributed by atoms with Crippen molar-refractivity contribution in [2.75, 3.05) is 0 Å². The molecule has 0 saturated heterocycles. The number of unbranched alkanes of at least 4 members (excludes halogenated alkanes) is 10. The van der Waals surface area contributed by atoms with Crippen molar-refractivity contribution < 1.29 is 19.8 Å². The molecule has 0 radical (unpaired) electrons. The Morgan fingerprint density at radius 3 is 1.56 bits per heavy atom. The van der Waals surface area contributed by atoms with Gasteiger partial charge < -0.3 is 10.2 Å². The van der Waals surface area contributed by atoms with E-state index in [1.165, 1.54) is 51.4 Å². The van der Waals surface area contributed by atoms with E-state index in [0.717, 1.165) is 38.5 Å². The molecule has 0 rings (SSSR count). The summed E-state index contributed by atoms with van der Waals surface area (Å²) in [5, 5.41) is 17.3. The van der Waals surface area contributed by atoms with E-state index in [1.54, 1.807) is 0 Å². The average Bonchev–Trinajstić information content (AvgIpc) is 2.60. The Kier molecular flexibility index (Phi) is 22.1. The van der Waals surface area contributed by atoms with Gasteiger partial charge in [0.25, 0.3) is 0 Å². The molecule has 162 valence electrons. The Balaban J connectivity index is 0. The smallest absolute Gasteiger partial charge is 0.306 e. The summed E-state index contributed by atoms with van der Waals surface area (Å²) in [6.45, 7) is 8.55. The molecule has 0 aromatic heterocycles. The molecular formula is C23H46O4. The molecule has 0 aliphatic heterocycles. The van der Waals surface area contributed by atoms with E-state index < -0.39 is 11.9 Å². The molecule has 0 aromatic rings. The molecule has 0 aromatic carbocycles. The Labute approximate surface area is 168 Å². The minimum absolute atomic E-state index is 0.120. The third-order valence-electron chi connectivity index (χ3n) is 4.76. The number of hydrogen-bond acceptors (Lipinski definition) is 2. The number of aliphatic carboxylic acids is 2. The Hall–Kier alpha value is -1.06. The largest absolute Gasteiger partial charge is 0.481 e. The van der Waals surface area contributed by atoms with Gasteiger partial charge in [-0.15, -0.1) is 0 Å². The normalized spacial score (nSPS) is 11.7. The third kappa shape index (κ3) is 24.9. The van der Waals surface area contributed by atoms with E-state index in [-0.39, 0.29) is 5.92 Å². The quantitative estimate of drug-likeness (QED) is 0.257. The van der Waals surface area contributed by atoms with Crippen molar-refractivity contribution in [3.63, 3.8) is 0 Å². The van der Waals surface area contributed by atoms with E-state index in [4.69, 9.17) is 10.2 Å². The Morgan fingerprint density at radius 2 is 1.15 bits per heavy atom. The first-order chi connectivity index (χ1) is 12.8. The van der Waals surface area contributed by atoms with Gasteiger partial charge in [-0.25, -0.2) is 0 Å². The van der Waals surface area contributed by atoms with Crippen LogP contribution in [-0.2, 0) is 9.59 Å². The average molecular weight is 387 g/mol. The predicted molar refractivity (Wildman–Crippen MR) is 114 cm³/mol. The molecule has 1 unspecified atom stereocenters. The fourth-order valence-electron chi connectivity index (χ4n) is 3.14. The number of hydrogen-bond donors (Lipinski definition) is 2. The summed E-state index contributed by atoms with van der Waals surface area (Å²) in [5.74, 6) is -0.914. The molecular weight excluding hydrogens is 340 g/mol. The topological polar surface area (TPSA) is 74.6 Å². The summed E-state index contributed by atoms with van der Waals surface area (Å²) >= 11 is 0. The molecule has 0 aliphatic rings. The van der Waals surface area contributed by atoms with Crippen LogP contribution in [0.15, 0.2) is 0 Å². The molecule has 0 fully saturated rings. The molecule has 0 aliphatic carbocycles. The second-order valence-electron chi connectivity index (χ2n) is 8.13. The van der Waals surface area contributed by atoms with Crippen LogP contribution in [0.25, 0.3) is 0 Å². The maximum absolute atomic E-state index is 11.1. The van der Waals surface area contributed by atoms with Gasteiger partial charge in [0.05, 0.1) is 5.92 Å². The zero-order chi connectivity index (χ0) is 20.9. The highest BCUT2D eigenvalue weighted by Crippen LogP contribution is 2.19. The van der Waals surface area contributed by atoms with Crippen LogP contribution in [0, 0.1) is 11.8 Å². The Morgan fingerprint density at radius 1 is 0.704 bits per heavy atom. The van der Waals surface area contributed by atoms with Crippen LogP contribution in [0.4, 0.5) is 0 Å². The first kappa shape index (κ1) is 28.2. The molecule has 0 amide bonds. The van der Waals surface area contributed by atoms with Crippen molar-refractivity contribution in [1.82, 2.24) is 0 Å². The van der Waals surface area contributed by atoms with Crippen molar-refractivity contribution in [2.45, 2.75) is 124 Å². The molecule has 0 heterocycles. The van der Waals surface area contributed by atoms with Crippen molar-refractivity contribution in [3.05, 3.63) is 0 Å². The molecule has 0 saturated carbocycles. The summed E-state index contributed by atoms with van der Waals surface area (Å²) in [4.78, 5) is 21.0. The van der Waals surface area contributed by atoms with Crippen LogP contribution in [0.1, 0.15) is 124 Å². The highest BCUT2D eigenvalue weighted by atomic mass is 16.4. The van der Waals surface area contributed by atoms with Gasteiger partial charge in [0.15, 0.2) is 0 Å². The standard InChI is InChI=1S/C16H32O2.C7H14O2/c1-4-5-6-7-8-9-10-11-12-15(16(17)18)13-14(2)3;1-2-3-4-5-6-7(8)9/h14-15H,4-13H2,1-3H3,(H,17,18);2-6H2,1H3,(H,8,9). The lowest BCUT2D eigenvalue weighted by Crippen LogP contribution is -2.15. The van der Waals surface area contributed by atoms with E-state index in [0.29, 0.717) is 12.3 Å². The lowest BCUT2D eigenvalue weighted by molar-refractivity contribution is -0.142. The SMILES string of the molecule is CCCCCCC(=O)O.CCCCCCCCCCC(CC(C)C)C(=O)O. The molecule has 0 bridgehead atoms. The highest BCUT2D eigenvalue weighted by molar-refractivity contribution is 5.69. The summed E-state index contributed by atoms with van der Waals surface area (Å²) in [6, 6.07) is 0. The van der Waals surface area contributed by atoms with Gasteiger partial charge in [0, 0.05) is 6.42 Å². The maximum atomic E-state index is 11.1. The minimum Gasteiger partial charge on any atom is -0.481 e. The molecule has 2 N–H and O–H groups in total. The van der Waals surface area contributed by atoms with Gasteiger partial charge in [-0.1, -0.05) is 98.3 Å². The number of rotatable bonds is 17. The van der Waals surface area contributed by atoms with Crippen LogP contribution >= 0.6 is 0 Å². The van der Waals surface area contributed by atoms with Crippen molar-refractivity contribution in [2.24, 2.45) is 11.8 Å². The summed E-state index contributed by atoms with van der Waals surface area (Å²) in [7, 11) is 0. The van der Waals surface area contributed by atoms with Gasteiger partial charge in [-0.2, -0.15) is 0 Å². The maximum Gasteiger partial charge on any atom is 0.306 e. The van der Waals surface area contributed by atoms with Gasteiger partial charge in [0.2, 0.25) is 0 Å². The summed E-state index contributed by atoms with van der Waals surface area (Å²) < 4.78 is 0. The monoisotopic (exact) mass is 386 g/mol. The highest BCUT2D eigenvalue weighted by Gasteiger charge is 2.17. The van der Waals surface area contributed by atoms with Gasteiger partial charge in [-0.05, 0) is 25.2 Å². The summed E-state index contributed by atoms with van der Waals surface area (Å²) in [5.41, 5.74) is 0. The number of carboxylic acids is 2.